The maximum absolute atomic E-state index is 12.7. The Hall–Kier alpha value is -7.48. The molecule has 0 saturated carbocycles. The summed E-state index contributed by atoms with van der Waals surface area (Å²) in [4.78, 5) is 36.2. The third-order valence-corrected chi connectivity index (χ3v) is 13.1. The van der Waals surface area contributed by atoms with Gasteiger partial charge in [0.25, 0.3) is 0 Å². The first-order valence-corrected chi connectivity index (χ1v) is 26.5. The minimum atomic E-state index is -4.98. The van der Waals surface area contributed by atoms with Crippen LogP contribution in [-0.4, -0.2) is 141 Å². The van der Waals surface area contributed by atoms with E-state index in [1.54, 1.807) is 19.1 Å². The predicted octanol–water partition coefficient (Wildman–Crippen LogP) is 4.29. The van der Waals surface area contributed by atoms with Crippen molar-refractivity contribution in [3.05, 3.63) is 128 Å². The van der Waals surface area contributed by atoms with Gasteiger partial charge < -0.3 is 103 Å². The van der Waals surface area contributed by atoms with Gasteiger partial charge in [-0.3, -0.25) is 14.4 Å². The summed E-state index contributed by atoms with van der Waals surface area (Å²) in [5.41, 5.74) is -1.88. The Kier molecular flexibility index (Phi) is 37.0. The Morgan fingerprint density at radius 1 is 0.462 bits per heavy atom. The van der Waals surface area contributed by atoms with E-state index in [-0.39, 0.29) is 211 Å². The van der Waals surface area contributed by atoms with E-state index in [1.165, 1.54) is 57.9 Å². The molecule has 0 amide bonds. The van der Waals surface area contributed by atoms with Crippen LogP contribution in [0.4, 0.5) is 0 Å². The van der Waals surface area contributed by atoms with Gasteiger partial charge in [-0.25, -0.2) is 16.8 Å². The molecular formula is C58H68INNaO27S2V-. The quantitative estimate of drug-likeness (QED) is 0.0351. The van der Waals surface area contributed by atoms with Crippen LogP contribution in [0.15, 0.2) is 135 Å². The summed E-state index contributed by atoms with van der Waals surface area (Å²) in [5, 5.41) is 114. The van der Waals surface area contributed by atoms with Crippen LogP contribution in [0, 0.1) is 0 Å². The van der Waals surface area contributed by atoms with Crippen molar-refractivity contribution < 1.29 is 163 Å². The van der Waals surface area contributed by atoms with E-state index >= 15 is 0 Å². The first-order chi connectivity index (χ1) is 39.6. The standard InChI is InChI=1S/2C16H12O9S.C16H12O6.C4H11NO2.C2H6O.4CH4.HI.Na.V/c2*1-24-16-10(18)5-11-13(15(16)20)14(19)8(6-25-11)7-2-3-9(17)12(4-7)26(21,22)23;1-21-16-11(18)6-12-13(15(16)20)14(19)10(7-22-12)8-2-4-9(17)5-3-8;6-3-1-5-2-4-7;1-2-3;;;;;;;/h2*2-6,17-18,20H,1H3,(H,21,22,23);2-7,17-18,20H,1H3;5-7H,1-4H2;3H,2H2,1H3;4*1H4;1H;;/q;;;;;;;;;;+1;/p-2. The molecule has 0 saturated heterocycles. The molecule has 6 aromatic carbocycles. The summed E-state index contributed by atoms with van der Waals surface area (Å²) < 4.78 is 97.6. The van der Waals surface area contributed by atoms with Crippen molar-refractivity contribution in [1.29, 1.82) is 0 Å². The van der Waals surface area contributed by atoms with Crippen molar-refractivity contribution >= 4 is 77.1 Å². The fourth-order valence-electron chi connectivity index (χ4n) is 7.60. The molecule has 0 unspecified atom stereocenters. The second-order valence-electron chi connectivity index (χ2n) is 16.7. The molecule has 0 spiro atoms. The summed E-state index contributed by atoms with van der Waals surface area (Å²) in [6.07, 6.45) is 3.19. The molecule has 28 nitrogen and oxygen atoms in total. The van der Waals surface area contributed by atoms with Crippen LogP contribution < -0.4 is 65.4 Å². The monoisotopic (exact) mass is 1480 g/mol. The summed E-state index contributed by atoms with van der Waals surface area (Å²) in [6.45, 7) is 3.35. The van der Waals surface area contributed by atoms with Crippen LogP contribution in [0.2, 0.25) is 0 Å². The van der Waals surface area contributed by atoms with Gasteiger partial charge in [-0.2, -0.15) is 0 Å². The van der Waals surface area contributed by atoms with Gasteiger partial charge in [-0.05, 0) is 60.0 Å². The van der Waals surface area contributed by atoms with E-state index in [1.807, 2.05) is 0 Å². The minimum absolute atomic E-state index is 0. The van der Waals surface area contributed by atoms with E-state index in [0.29, 0.717) is 18.7 Å². The van der Waals surface area contributed by atoms with Crippen LogP contribution in [0.1, 0.15) is 36.6 Å². The number of nitrogens with one attached hydrogen (secondary N) is 1. The maximum Gasteiger partial charge on any atom is 1.00 e. The molecule has 3 heterocycles. The smallest absolute Gasteiger partial charge is 0.744 e. The van der Waals surface area contributed by atoms with E-state index in [9.17, 15) is 86.3 Å². The molecule has 0 aliphatic heterocycles. The Morgan fingerprint density at radius 2 is 0.725 bits per heavy atom. The Labute approximate surface area is 572 Å². The number of aliphatic hydroxyl groups is 3. The normalized spacial score (nSPS) is 10.2. The van der Waals surface area contributed by atoms with Crippen LogP contribution in [-0.2, 0) is 38.8 Å². The van der Waals surface area contributed by atoms with Gasteiger partial charge in [0.15, 0.2) is 34.5 Å². The maximum atomic E-state index is 12.7. The number of halogens is 1. The first-order valence-electron chi connectivity index (χ1n) is 23.7. The third-order valence-electron chi connectivity index (χ3n) is 11.4. The average Bonchev–Trinajstić information content (AvgIpc) is 0.785. The number of rotatable bonds is 12. The van der Waals surface area contributed by atoms with Crippen molar-refractivity contribution in [2.45, 2.75) is 46.4 Å². The van der Waals surface area contributed by atoms with Crippen LogP contribution in [0.3, 0.4) is 0 Å². The van der Waals surface area contributed by atoms with Crippen molar-refractivity contribution in [2.24, 2.45) is 0 Å². The second-order valence-corrected chi connectivity index (χ2v) is 19.4. The summed E-state index contributed by atoms with van der Waals surface area (Å²) >= 11 is 0. The van der Waals surface area contributed by atoms with E-state index in [2.05, 4.69) is 5.32 Å². The molecule has 1 radical (unpaired) electrons. The van der Waals surface area contributed by atoms with E-state index in [4.69, 9.17) is 42.8 Å². The number of aromatic hydroxyl groups is 9. The number of ether oxygens (including phenoxy) is 3. The molecule has 9 rings (SSSR count). The van der Waals surface area contributed by atoms with Gasteiger partial charge in [-0.1, -0.05) is 54.0 Å². The Bertz CT molecular complexity index is 4100. The zero-order valence-electron chi connectivity index (χ0n) is 45.9. The number of methoxy groups -OCH3 is 3. The molecule has 0 fully saturated rings. The van der Waals surface area contributed by atoms with Crippen molar-refractivity contribution in [3.8, 4) is 102 Å². The van der Waals surface area contributed by atoms with E-state index < -0.39 is 86.6 Å². The molecule has 13 N–H and O–H groups in total. The van der Waals surface area contributed by atoms with Gasteiger partial charge in [0.05, 0.1) is 61.0 Å². The summed E-state index contributed by atoms with van der Waals surface area (Å²) in [6, 6.07) is 15.3. The van der Waals surface area contributed by atoms with Crippen molar-refractivity contribution in [3.63, 3.8) is 0 Å². The Balaban J connectivity index is -0.00000115. The molecule has 0 aliphatic carbocycles. The number of phenols is 9. The predicted molar refractivity (Wildman–Crippen MR) is 336 cm³/mol. The molecule has 493 valence electrons. The number of hydrogen-bond donors (Lipinski definition) is 13. The molecular weight excluding hydrogens is 1410 g/mol. The Morgan fingerprint density at radius 3 is 0.978 bits per heavy atom. The number of benzene rings is 6. The molecule has 9 aromatic rings. The molecule has 3 aromatic heterocycles. The minimum Gasteiger partial charge on any atom is -0.744 e. The topological polar surface area (TPSA) is 488 Å². The van der Waals surface area contributed by atoms with Crippen LogP contribution >= 0.6 is 24.0 Å². The van der Waals surface area contributed by atoms with Gasteiger partial charge in [0.1, 0.15) is 89.2 Å². The molecule has 0 bridgehead atoms. The fraction of sp³-hybridized carbons (Fsp3) is 0.224. The second kappa shape index (κ2) is 38.4. The third kappa shape index (κ3) is 20.5. The first kappa shape index (κ1) is 87.7. The van der Waals surface area contributed by atoms with Crippen LogP contribution in [0.5, 0.6) is 69.0 Å². The van der Waals surface area contributed by atoms with Gasteiger partial charge in [0.2, 0.25) is 33.5 Å². The number of fused-ring (bicyclic) bond motifs is 3. The number of aliphatic hydroxyl groups excluding tert-OH is 3. The summed E-state index contributed by atoms with van der Waals surface area (Å²) in [5.74, 6) is -5.33. The van der Waals surface area contributed by atoms with Crippen LogP contribution in [0.25, 0.3) is 66.3 Å². The van der Waals surface area contributed by atoms with Gasteiger partial charge in [0, 0.05) is 56.5 Å². The van der Waals surface area contributed by atoms with E-state index in [0.717, 1.165) is 48.9 Å². The fourth-order valence-corrected chi connectivity index (χ4v) is 8.79. The largest absolute Gasteiger partial charge is 1.00 e. The zero-order valence-corrected chi connectivity index (χ0v) is 53.3. The average molecular weight is 1480 g/mol. The molecule has 33 heteroatoms. The van der Waals surface area contributed by atoms with Crippen molar-refractivity contribution in [2.75, 3.05) is 54.2 Å². The molecule has 0 atom stereocenters. The molecule has 0 aliphatic rings. The van der Waals surface area contributed by atoms with Gasteiger partial charge in [-0.15, -0.1) is 24.0 Å². The molecule has 91 heavy (non-hydrogen) atoms. The SMILES string of the molecule is C.C.C.C.CCO.COc1c(O)cc2occ(-c3ccc(O)c(S(=O)(=O)[O-])c3)c(=O)c2c1O.COc1c(O)cc2occ(-c3ccc(O)c(S(=O)(=O)[O-])c3)c(=O)c2c1O.COc1c(O)cc2occ(-c3ccc(O)cc3)c(=O)c2c1O.I.OCCNCCO.[Na+].[V]. The van der Waals surface area contributed by atoms with Gasteiger partial charge >= 0.3 is 29.6 Å². The number of hydrogen-bond acceptors (Lipinski definition) is 28. The number of phenolic OH excluding ortho intramolecular Hbond substituents is 9. The zero-order chi connectivity index (χ0) is 62.5. The van der Waals surface area contributed by atoms with Crippen molar-refractivity contribution in [1.82, 2.24) is 5.32 Å². The summed E-state index contributed by atoms with van der Waals surface area (Å²) in [7, 11) is -6.33.